The van der Waals surface area contributed by atoms with E-state index in [1.165, 1.54) is 26.6 Å². The molecule has 150 valence electrons. The number of rotatable bonds is 4. The van der Waals surface area contributed by atoms with E-state index in [1.54, 1.807) is 18.2 Å². The van der Waals surface area contributed by atoms with Gasteiger partial charge in [0.15, 0.2) is 5.13 Å². The summed E-state index contributed by atoms with van der Waals surface area (Å²) in [6.45, 7) is 3.32. The Morgan fingerprint density at radius 3 is 2.82 bits per heavy atom. The summed E-state index contributed by atoms with van der Waals surface area (Å²) in [7, 11) is -3.56. The second kappa shape index (κ2) is 7.93. The first-order valence-electron chi connectivity index (χ1n) is 9.83. The van der Waals surface area contributed by atoms with Crippen LogP contribution in [0.2, 0.25) is 0 Å². The highest BCUT2D eigenvalue weighted by molar-refractivity contribution is 7.89. The maximum Gasteiger partial charge on any atom is 0.257 e. The molecule has 1 aliphatic carbocycles. The Kier molecular flexibility index (Phi) is 5.53. The lowest BCUT2D eigenvalue weighted by atomic mass is 9.93. The number of piperidine rings is 1. The van der Waals surface area contributed by atoms with Crippen LogP contribution in [0.5, 0.6) is 0 Å². The number of fused-ring (bicyclic) bond motifs is 1. The lowest BCUT2D eigenvalue weighted by molar-refractivity contribution is 0.102. The third kappa shape index (κ3) is 3.99. The highest BCUT2D eigenvalue weighted by Crippen LogP contribution is 2.32. The molecule has 8 heteroatoms. The van der Waals surface area contributed by atoms with Crippen molar-refractivity contribution < 1.29 is 13.2 Å². The molecule has 1 atom stereocenters. The van der Waals surface area contributed by atoms with Gasteiger partial charge < -0.3 is 0 Å². The molecule has 1 N–H and O–H groups in total. The molecule has 2 heterocycles. The maximum absolute atomic E-state index is 12.9. The highest BCUT2D eigenvalue weighted by atomic mass is 32.2. The standard InChI is InChI=1S/C20H25N3O3S2/c1-14-8-9-17-18(12-14)27-20(21-17)22-19(24)15-6-5-7-16(13-15)28(25,26)23-10-3-2-4-11-23/h5-7,13-14H,2-4,8-12H2,1H3,(H,21,22,24). The molecule has 28 heavy (non-hydrogen) atoms. The Hall–Kier alpha value is -1.77. The van der Waals surface area contributed by atoms with E-state index in [0.717, 1.165) is 44.2 Å². The fraction of sp³-hybridized carbons (Fsp3) is 0.500. The number of hydrogen-bond donors (Lipinski definition) is 1. The summed E-state index contributed by atoms with van der Waals surface area (Å²) in [5.41, 5.74) is 1.42. The maximum atomic E-state index is 12.9. The van der Waals surface area contributed by atoms with Crippen molar-refractivity contribution in [2.24, 2.45) is 5.92 Å². The molecule has 1 unspecified atom stereocenters. The molecule has 1 saturated heterocycles. The molecule has 4 rings (SSSR count). The second-order valence-electron chi connectivity index (χ2n) is 7.68. The summed E-state index contributed by atoms with van der Waals surface area (Å²) >= 11 is 1.53. The van der Waals surface area contributed by atoms with E-state index in [1.807, 2.05) is 0 Å². The van der Waals surface area contributed by atoms with E-state index in [9.17, 15) is 13.2 Å². The minimum Gasteiger partial charge on any atom is -0.298 e. The number of hydrogen-bond acceptors (Lipinski definition) is 5. The van der Waals surface area contributed by atoms with Gasteiger partial charge in [0.05, 0.1) is 10.6 Å². The third-order valence-corrected chi connectivity index (χ3v) is 8.39. The van der Waals surface area contributed by atoms with Gasteiger partial charge >= 0.3 is 0 Å². The number of nitrogens with one attached hydrogen (secondary N) is 1. The van der Waals surface area contributed by atoms with Crippen LogP contribution in [0.4, 0.5) is 5.13 Å². The first-order chi connectivity index (χ1) is 13.4. The van der Waals surface area contributed by atoms with Crippen LogP contribution in [-0.2, 0) is 22.9 Å². The van der Waals surface area contributed by atoms with Gasteiger partial charge in [0.2, 0.25) is 10.0 Å². The van der Waals surface area contributed by atoms with Gasteiger partial charge in [0.25, 0.3) is 5.91 Å². The van der Waals surface area contributed by atoms with Crippen molar-refractivity contribution in [3.63, 3.8) is 0 Å². The molecule has 0 bridgehead atoms. The molecule has 6 nitrogen and oxygen atoms in total. The van der Waals surface area contributed by atoms with Crippen molar-refractivity contribution >= 4 is 32.4 Å². The highest BCUT2D eigenvalue weighted by Gasteiger charge is 2.27. The van der Waals surface area contributed by atoms with Gasteiger partial charge in [0, 0.05) is 23.5 Å². The second-order valence-corrected chi connectivity index (χ2v) is 10.7. The monoisotopic (exact) mass is 419 g/mol. The van der Waals surface area contributed by atoms with E-state index in [0.29, 0.717) is 29.7 Å². The van der Waals surface area contributed by atoms with Crippen LogP contribution in [0.3, 0.4) is 0 Å². The van der Waals surface area contributed by atoms with Crippen LogP contribution in [0.25, 0.3) is 0 Å². The molecule has 0 saturated carbocycles. The van der Waals surface area contributed by atoms with Gasteiger partial charge in [-0.15, -0.1) is 11.3 Å². The van der Waals surface area contributed by atoms with Crippen LogP contribution in [0.1, 0.15) is 53.5 Å². The van der Waals surface area contributed by atoms with Crippen LogP contribution in [-0.4, -0.2) is 36.7 Å². The van der Waals surface area contributed by atoms with Crippen molar-refractivity contribution in [3.8, 4) is 0 Å². The first-order valence-corrected chi connectivity index (χ1v) is 12.1. The molecule has 1 aromatic carbocycles. The minimum absolute atomic E-state index is 0.175. The van der Waals surface area contributed by atoms with Gasteiger partial charge in [-0.1, -0.05) is 19.4 Å². The largest absolute Gasteiger partial charge is 0.298 e. The average molecular weight is 420 g/mol. The number of carbonyl (C=O) groups excluding carboxylic acids is 1. The van der Waals surface area contributed by atoms with Crippen molar-refractivity contribution in [2.45, 2.75) is 50.3 Å². The van der Waals surface area contributed by atoms with Gasteiger partial charge in [-0.25, -0.2) is 13.4 Å². The van der Waals surface area contributed by atoms with Crippen LogP contribution in [0.15, 0.2) is 29.2 Å². The zero-order valence-corrected chi connectivity index (χ0v) is 17.6. The average Bonchev–Trinajstić information content (AvgIpc) is 3.10. The Bertz CT molecular complexity index is 978. The van der Waals surface area contributed by atoms with Crippen molar-refractivity contribution in [1.82, 2.24) is 9.29 Å². The molecule has 1 aromatic heterocycles. The molecule has 0 spiro atoms. The summed E-state index contributed by atoms with van der Waals surface area (Å²) in [6.07, 6.45) is 5.91. The Morgan fingerprint density at radius 1 is 1.25 bits per heavy atom. The smallest absolute Gasteiger partial charge is 0.257 e. The zero-order chi connectivity index (χ0) is 19.7. The molecule has 1 aliphatic heterocycles. The lowest BCUT2D eigenvalue weighted by Crippen LogP contribution is -2.35. The zero-order valence-electron chi connectivity index (χ0n) is 16.0. The number of benzene rings is 1. The number of aromatic nitrogens is 1. The van der Waals surface area contributed by atoms with Crippen molar-refractivity contribution in [3.05, 3.63) is 40.4 Å². The topological polar surface area (TPSA) is 79.4 Å². The lowest BCUT2D eigenvalue weighted by Gasteiger charge is -2.26. The minimum atomic E-state index is -3.56. The molecular weight excluding hydrogens is 394 g/mol. The quantitative estimate of drug-likeness (QED) is 0.820. The van der Waals surface area contributed by atoms with Crippen LogP contribution >= 0.6 is 11.3 Å². The SMILES string of the molecule is CC1CCc2nc(NC(=O)c3cccc(S(=O)(=O)N4CCCCC4)c3)sc2C1. The molecule has 1 amide bonds. The third-order valence-electron chi connectivity index (χ3n) is 5.46. The summed E-state index contributed by atoms with van der Waals surface area (Å²) in [6, 6.07) is 6.29. The summed E-state index contributed by atoms with van der Waals surface area (Å²) in [4.78, 5) is 18.7. The molecule has 0 radical (unpaired) electrons. The van der Waals surface area contributed by atoms with E-state index in [4.69, 9.17) is 0 Å². The van der Waals surface area contributed by atoms with E-state index < -0.39 is 10.0 Å². The molecule has 1 fully saturated rings. The molecule has 2 aromatic rings. The van der Waals surface area contributed by atoms with E-state index >= 15 is 0 Å². The van der Waals surface area contributed by atoms with Crippen molar-refractivity contribution in [2.75, 3.05) is 18.4 Å². The van der Waals surface area contributed by atoms with Gasteiger partial charge in [-0.05, 0) is 56.2 Å². The number of amides is 1. The summed E-state index contributed by atoms with van der Waals surface area (Å²) in [5.74, 6) is 0.322. The number of anilines is 1. The predicted molar refractivity (Wildman–Crippen MR) is 110 cm³/mol. The Morgan fingerprint density at radius 2 is 2.04 bits per heavy atom. The number of thiazole rings is 1. The normalized spacial score (nSPS) is 20.5. The fourth-order valence-corrected chi connectivity index (χ4v) is 6.54. The molecule has 2 aliphatic rings. The van der Waals surface area contributed by atoms with Crippen LogP contribution in [0, 0.1) is 5.92 Å². The Labute approximate surface area is 170 Å². The fourth-order valence-electron chi connectivity index (χ4n) is 3.81. The summed E-state index contributed by atoms with van der Waals surface area (Å²) in [5, 5.41) is 3.44. The predicted octanol–water partition coefficient (Wildman–Crippen LogP) is 3.69. The van der Waals surface area contributed by atoms with Gasteiger partial charge in [0.1, 0.15) is 0 Å². The van der Waals surface area contributed by atoms with Crippen molar-refractivity contribution in [1.29, 1.82) is 0 Å². The van der Waals surface area contributed by atoms with Gasteiger partial charge in [-0.3, -0.25) is 10.1 Å². The Balaban J connectivity index is 1.52. The number of carbonyl (C=O) groups is 1. The molecular formula is C20H25N3O3S2. The van der Waals surface area contributed by atoms with Gasteiger partial charge in [-0.2, -0.15) is 4.31 Å². The first kappa shape index (κ1) is 19.5. The van der Waals surface area contributed by atoms with Crippen LogP contribution < -0.4 is 5.32 Å². The summed E-state index contributed by atoms with van der Waals surface area (Å²) < 4.78 is 27.3. The number of nitrogens with zero attached hydrogens (tertiary/aromatic N) is 2. The van der Waals surface area contributed by atoms with E-state index in [-0.39, 0.29) is 10.8 Å². The van der Waals surface area contributed by atoms with E-state index in [2.05, 4.69) is 17.2 Å². The number of sulfonamides is 1. The number of aryl methyl sites for hydroxylation is 1.